The lowest BCUT2D eigenvalue weighted by Crippen LogP contribution is -2.26. The first-order valence-electron chi connectivity index (χ1n) is 7.21. The second-order valence-electron chi connectivity index (χ2n) is 5.26. The van der Waals surface area contributed by atoms with E-state index in [-0.39, 0.29) is 12.1 Å². The van der Waals surface area contributed by atoms with E-state index >= 15 is 0 Å². The molecule has 1 saturated heterocycles. The number of benzene rings is 1. The summed E-state index contributed by atoms with van der Waals surface area (Å²) in [7, 11) is 0. The van der Waals surface area contributed by atoms with Crippen molar-refractivity contribution in [2.24, 2.45) is 5.92 Å². The quantitative estimate of drug-likeness (QED) is 0.856. The monoisotopic (exact) mass is 287 g/mol. The van der Waals surface area contributed by atoms with Gasteiger partial charge in [0, 0.05) is 23.2 Å². The zero-order valence-corrected chi connectivity index (χ0v) is 12.0. The first kappa shape index (κ1) is 14.2. The predicted molar refractivity (Wildman–Crippen MR) is 78.1 cm³/mol. The SMILES string of the molecule is CC[C@H]1CO[C@H](c2ccc(-c3ccc(F)cc3)nc2)OC1. The molecule has 1 aliphatic rings. The molecule has 1 fully saturated rings. The number of aromatic nitrogens is 1. The molecule has 4 heteroatoms. The highest BCUT2D eigenvalue weighted by atomic mass is 19.1. The van der Waals surface area contributed by atoms with Crippen molar-refractivity contribution in [1.29, 1.82) is 0 Å². The molecule has 3 rings (SSSR count). The van der Waals surface area contributed by atoms with Gasteiger partial charge < -0.3 is 9.47 Å². The summed E-state index contributed by atoms with van der Waals surface area (Å²) in [4.78, 5) is 4.41. The molecule has 110 valence electrons. The summed E-state index contributed by atoms with van der Waals surface area (Å²) in [5.74, 6) is 0.234. The topological polar surface area (TPSA) is 31.4 Å². The molecule has 0 aliphatic carbocycles. The maximum absolute atomic E-state index is 12.9. The average Bonchev–Trinajstić information content (AvgIpc) is 2.56. The standard InChI is InChI=1S/C17H18FNO2/c1-2-12-10-20-17(21-11-12)14-5-8-16(19-9-14)13-3-6-15(18)7-4-13/h3-9,12,17H,2,10-11H2,1H3/t12-,17-. The number of hydrogen-bond acceptors (Lipinski definition) is 3. The number of nitrogens with zero attached hydrogens (tertiary/aromatic N) is 1. The highest BCUT2D eigenvalue weighted by molar-refractivity contribution is 5.58. The van der Waals surface area contributed by atoms with Gasteiger partial charge in [-0.3, -0.25) is 4.98 Å². The van der Waals surface area contributed by atoms with Gasteiger partial charge in [-0.25, -0.2) is 4.39 Å². The van der Waals surface area contributed by atoms with Crippen molar-refractivity contribution in [2.45, 2.75) is 19.6 Å². The van der Waals surface area contributed by atoms with E-state index in [1.54, 1.807) is 18.3 Å². The van der Waals surface area contributed by atoms with Crippen LogP contribution < -0.4 is 0 Å². The molecule has 1 aliphatic heterocycles. The van der Waals surface area contributed by atoms with Crippen molar-refractivity contribution in [3.63, 3.8) is 0 Å². The van der Waals surface area contributed by atoms with E-state index in [0.29, 0.717) is 5.92 Å². The normalized spacial score (nSPS) is 22.2. The van der Waals surface area contributed by atoms with Gasteiger partial charge in [0.2, 0.25) is 0 Å². The second kappa shape index (κ2) is 6.33. The predicted octanol–water partition coefficient (Wildman–Crippen LogP) is 3.96. The van der Waals surface area contributed by atoms with Gasteiger partial charge in [0.15, 0.2) is 6.29 Å². The van der Waals surface area contributed by atoms with Crippen LogP contribution >= 0.6 is 0 Å². The van der Waals surface area contributed by atoms with Gasteiger partial charge in [0.1, 0.15) is 5.82 Å². The van der Waals surface area contributed by atoms with Gasteiger partial charge in [-0.05, 0) is 36.8 Å². The molecule has 0 spiro atoms. The third kappa shape index (κ3) is 3.28. The Balaban J connectivity index is 1.71. The van der Waals surface area contributed by atoms with Crippen molar-refractivity contribution in [1.82, 2.24) is 4.98 Å². The number of rotatable bonds is 3. The zero-order valence-electron chi connectivity index (χ0n) is 12.0. The van der Waals surface area contributed by atoms with Crippen LogP contribution in [-0.4, -0.2) is 18.2 Å². The molecule has 0 amide bonds. The molecule has 0 atom stereocenters. The molecule has 0 bridgehead atoms. The van der Waals surface area contributed by atoms with Crippen LogP contribution in [0.1, 0.15) is 25.2 Å². The van der Waals surface area contributed by atoms with E-state index in [1.165, 1.54) is 12.1 Å². The Morgan fingerprint density at radius 2 is 1.81 bits per heavy atom. The molecule has 2 aromatic rings. The van der Waals surface area contributed by atoms with Crippen molar-refractivity contribution < 1.29 is 13.9 Å². The van der Waals surface area contributed by atoms with E-state index in [0.717, 1.165) is 36.5 Å². The summed E-state index contributed by atoms with van der Waals surface area (Å²) in [6, 6.07) is 10.2. The fourth-order valence-electron chi connectivity index (χ4n) is 2.31. The molecule has 0 unspecified atom stereocenters. The van der Waals surface area contributed by atoms with Crippen LogP contribution in [0.15, 0.2) is 42.6 Å². The third-order valence-corrected chi connectivity index (χ3v) is 3.74. The van der Waals surface area contributed by atoms with Crippen molar-refractivity contribution in [2.75, 3.05) is 13.2 Å². The molecular weight excluding hydrogens is 269 g/mol. The Bertz CT molecular complexity index is 575. The zero-order chi connectivity index (χ0) is 14.7. The molecule has 21 heavy (non-hydrogen) atoms. The van der Waals surface area contributed by atoms with E-state index in [1.807, 2.05) is 12.1 Å². The fourth-order valence-corrected chi connectivity index (χ4v) is 2.31. The summed E-state index contributed by atoms with van der Waals surface area (Å²) in [6.07, 6.45) is 2.49. The highest BCUT2D eigenvalue weighted by Crippen LogP contribution is 2.27. The Morgan fingerprint density at radius 1 is 1.10 bits per heavy atom. The van der Waals surface area contributed by atoms with Gasteiger partial charge in [-0.2, -0.15) is 0 Å². The minimum absolute atomic E-state index is 0.246. The molecule has 1 aromatic carbocycles. The maximum Gasteiger partial charge on any atom is 0.185 e. The minimum atomic E-state index is -0.331. The summed E-state index contributed by atoms with van der Waals surface area (Å²) in [5.41, 5.74) is 2.61. The largest absolute Gasteiger partial charge is 0.348 e. The van der Waals surface area contributed by atoms with Crippen LogP contribution in [0.25, 0.3) is 11.3 Å². The molecule has 0 N–H and O–H groups in total. The first-order chi connectivity index (χ1) is 10.3. The molecule has 1 aromatic heterocycles. The van der Waals surface area contributed by atoms with Crippen molar-refractivity contribution in [3.8, 4) is 11.3 Å². The smallest absolute Gasteiger partial charge is 0.185 e. The van der Waals surface area contributed by atoms with Crippen LogP contribution in [0.2, 0.25) is 0 Å². The average molecular weight is 287 g/mol. The van der Waals surface area contributed by atoms with Crippen molar-refractivity contribution in [3.05, 3.63) is 54.0 Å². The van der Waals surface area contributed by atoms with E-state index in [2.05, 4.69) is 11.9 Å². The summed E-state index contributed by atoms with van der Waals surface area (Å²) in [6.45, 7) is 3.58. The van der Waals surface area contributed by atoms with E-state index in [9.17, 15) is 4.39 Å². The summed E-state index contributed by atoms with van der Waals surface area (Å²) < 4.78 is 24.4. The first-order valence-corrected chi connectivity index (χ1v) is 7.21. The van der Waals surface area contributed by atoms with Gasteiger partial charge in [0.25, 0.3) is 0 Å². The number of hydrogen-bond donors (Lipinski definition) is 0. The number of ether oxygens (including phenoxy) is 2. The second-order valence-corrected chi connectivity index (χ2v) is 5.26. The van der Waals surface area contributed by atoms with Gasteiger partial charge in [-0.15, -0.1) is 0 Å². The number of pyridine rings is 1. The van der Waals surface area contributed by atoms with Crippen LogP contribution in [0.3, 0.4) is 0 Å². The Hall–Kier alpha value is -1.78. The Morgan fingerprint density at radius 3 is 2.38 bits per heavy atom. The molecule has 3 nitrogen and oxygen atoms in total. The molecule has 0 radical (unpaired) electrons. The molecule has 2 heterocycles. The third-order valence-electron chi connectivity index (χ3n) is 3.74. The van der Waals surface area contributed by atoms with Gasteiger partial charge >= 0.3 is 0 Å². The highest BCUT2D eigenvalue weighted by Gasteiger charge is 2.22. The molecular formula is C17H18FNO2. The summed E-state index contributed by atoms with van der Waals surface area (Å²) >= 11 is 0. The van der Waals surface area contributed by atoms with E-state index in [4.69, 9.17) is 9.47 Å². The lowest BCUT2D eigenvalue weighted by Gasteiger charge is -2.28. The van der Waals surface area contributed by atoms with Crippen LogP contribution in [0, 0.1) is 11.7 Å². The lowest BCUT2D eigenvalue weighted by atomic mass is 10.1. The van der Waals surface area contributed by atoms with Gasteiger partial charge in [0.05, 0.1) is 18.9 Å². The molecule has 0 saturated carbocycles. The van der Waals surface area contributed by atoms with Crippen LogP contribution in [0.5, 0.6) is 0 Å². The minimum Gasteiger partial charge on any atom is -0.348 e. The van der Waals surface area contributed by atoms with Crippen LogP contribution in [0.4, 0.5) is 4.39 Å². The fraction of sp³-hybridized carbons (Fsp3) is 0.353. The van der Waals surface area contributed by atoms with Gasteiger partial charge in [-0.1, -0.05) is 13.0 Å². The number of halogens is 1. The summed E-state index contributed by atoms with van der Waals surface area (Å²) in [5, 5.41) is 0. The Labute approximate surface area is 123 Å². The lowest BCUT2D eigenvalue weighted by molar-refractivity contribution is -0.205. The Kier molecular flexibility index (Phi) is 4.27. The van der Waals surface area contributed by atoms with Crippen LogP contribution in [-0.2, 0) is 9.47 Å². The van der Waals surface area contributed by atoms with E-state index < -0.39 is 0 Å². The maximum atomic E-state index is 12.9. The van der Waals surface area contributed by atoms with Crippen molar-refractivity contribution >= 4 is 0 Å².